The number of anilines is 1. The first-order valence-electron chi connectivity index (χ1n) is 9.73. The highest BCUT2D eigenvalue weighted by Gasteiger charge is 2.15. The van der Waals surface area contributed by atoms with Gasteiger partial charge in [-0.05, 0) is 48.5 Å². The summed E-state index contributed by atoms with van der Waals surface area (Å²) in [5.74, 6) is 7.42. The molecule has 0 unspecified atom stereocenters. The van der Waals surface area contributed by atoms with Crippen LogP contribution in [-0.4, -0.2) is 33.6 Å². The number of benzene rings is 3. The first-order valence-corrected chi connectivity index (χ1v) is 11.5. The lowest BCUT2D eigenvalue weighted by atomic mass is 10.2. The first kappa shape index (κ1) is 21.8. The van der Waals surface area contributed by atoms with Crippen LogP contribution in [0.25, 0.3) is 11.4 Å². The van der Waals surface area contributed by atoms with Gasteiger partial charge in [-0.15, -0.1) is 10.2 Å². The quantitative estimate of drug-likeness (QED) is 0.292. The number of nitrogens with two attached hydrogens (primary N) is 1. The molecule has 0 aliphatic rings. The topological polar surface area (TPSA) is 95.1 Å². The molecule has 4 aromatic rings. The van der Waals surface area contributed by atoms with Crippen LogP contribution < -0.4 is 15.9 Å². The van der Waals surface area contributed by atoms with Crippen LogP contribution in [0.4, 0.5) is 5.69 Å². The van der Waals surface area contributed by atoms with E-state index in [9.17, 15) is 4.79 Å². The monoisotopic (exact) mass is 463 g/mol. The van der Waals surface area contributed by atoms with Crippen molar-refractivity contribution in [1.82, 2.24) is 14.9 Å². The van der Waals surface area contributed by atoms with E-state index in [4.69, 9.17) is 10.6 Å². The Morgan fingerprint density at radius 2 is 1.72 bits per heavy atom. The molecule has 1 heterocycles. The number of amides is 1. The zero-order valence-corrected chi connectivity index (χ0v) is 18.9. The molecule has 162 valence electrons. The van der Waals surface area contributed by atoms with E-state index in [1.54, 1.807) is 18.9 Å². The largest absolute Gasteiger partial charge is 0.497 e. The summed E-state index contributed by atoms with van der Waals surface area (Å²) in [7, 11) is 1.61. The number of rotatable bonds is 8. The van der Waals surface area contributed by atoms with Crippen LogP contribution in [0.3, 0.4) is 0 Å². The second-order valence-corrected chi connectivity index (χ2v) is 8.71. The molecule has 9 heteroatoms. The highest BCUT2D eigenvalue weighted by Crippen LogP contribution is 2.33. The molecule has 1 amide bonds. The highest BCUT2D eigenvalue weighted by molar-refractivity contribution is 8.00. The zero-order valence-electron chi connectivity index (χ0n) is 17.3. The summed E-state index contributed by atoms with van der Waals surface area (Å²) in [6.45, 7) is 0. The molecule has 4 rings (SSSR count). The number of aromatic nitrogens is 3. The fraction of sp³-hybridized carbons (Fsp3) is 0.0870. The van der Waals surface area contributed by atoms with Crippen molar-refractivity contribution < 1.29 is 9.53 Å². The number of nitrogen functional groups attached to an aromatic ring is 1. The number of carbonyl (C=O) groups is 1. The Kier molecular flexibility index (Phi) is 6.98. The number of carbonyl (C=O) groups excluding carboxylic acids is 1. The minimum absolute atomic E-state index is 0.148. The average Bonchev–Trinajstić information content (AvgIpc) is 3.20. The molecule has 0 saturated heterocycles. The second kappa shape index (κ2) is 10.3. The van der Waals surface area contributed by atoms with Gasteiger partial charge in [0.25, 0.3) is 0 Å². The van der Waals surface area contributed by atoms with Gasteiger partial charge in [0, 0.05) is 15.4 Å². The lowest BCUT2D eigenvalue weighted by Gasteiger charge is -2.10. The first-order chi connectivity index (χ1) is 15.6. The van der Waals surface area contributed by atoms with Crippen LogP contribution >= 0.6 is 23.5 Å². The highest BCUT2D eigenvalue weighted by atomic mass is 32.2. The summed E-state index contributed by atoms with van der Waals surface area (Å²) in [6.07, 6.45) is 0. The minimum atomic E-state index is -0.148. The van der Waals surface area contributed by atoms with Gasteiger partial charge in [0.05, 0.1) is 18.6 Å². The van der Waals surface area contributed by atoms with Crippen LogP contribution in [0, 0.1) is 0 Å². The van der Waals surface area contributed by atoms with Crippen LogP contribution in [0.1, 0.15) is 0 Å². The summed E-state index contributed by atoms with van der Waals surface area (Å²) in [5.41, 5.74) is 1.57. The van der Waals surface area contributed by atoms with Crippen molar-refractivity contribution >= 4 is 35.1 Å². The summed E-state index contributed by atoms with van der Waals surface area (Å²) in [5, 5.41) is 11.7. The van der Waals surface area contributed by atoms with Crippen LogP contribution in [-0.2, 0) is 4.79 Å². The minimum Gasteiger partial charge on any atom is -0.497 e. The fourth-order valence-corrected chi connectivity index (χ4v) is 4.48. The molecule has 0 fully saturated rings. The normalized spacial score (nSPS) is 10.7. The summed E-state index contributed by atoms with van der Waals surface area (Å²) >= 11 is 2.83. The molecule has 1 aromatic heterocycles. The average molecular weight is 464 g/mol. The third kappa shape index (κ3) is 5.24. The summed E-state index contributed by atoms with van der Waals surface area (Å²) in [4.78, 5) is 14.7. The maximum absolute atomic E-state index is 12.6. The predicted molar refractivity (Wildman–Crippen MR) is 129 cm³/mol. The van der Waals surface area contributed by atoms with Gasteiger partial charge in [0.2, 0.25) is 11.1 Å². The number of nitrogens with one attached hydrogen (secondary N) is 1. The van der Waals surface area contributed by atoms with Crippen molar-refractivity contribution in [2.45, 2.75) is 14.9 Å². The zero-order chi connectivity index (χ0) is 22.3. The maximum atomic E-state index is 12.6. The molecule has 3 aromatic carbocycles. The van der Waals surface area contributed by atoms with Gasteiger partial charge in [-0.25, -0.2) is 4.68 Å². The van der Waals surface area contributed by atoms with E-state index in [1.165, 1.54) is 16.4 Å². The Bertz CT molecular complexity index is 1200. The van der Waals surface area contributed by atoms with Gasteiger partial charge in [-0.1, -0.05) is 53.9 Å². The number of hydrogen-bond donors (Lipinski definition) is 2. The Hall–Kier alpha value is -3.43. The van der Waals surface area contributed by atoms with Crippen molar-refractivity contribution in [3.05, 3.63) is 78.9 Å². The molecule has 3 N–H and O–H groups in total. The number of ether oxygens (including phenoxy) is 1. The number of hydrogen-bond acceptors (Lipinski definition) is 7. The van der Waals surface area contributed by atoms with Gasteiger partial charge in [0.15, 0.2) is 5.82 Å². The Morgan fingerprint density at radius 1 is 1.00 bits per heavy atom. The van der Waals surface area contributed by atoms with Gasteiger partial charge in [-0.3, -0.25) is 4.79 Å². The predicted octanol–water partition coefficient (Wildman–Crippen LogP) is 4.55. The van der Waals surface area contributed by atoms with E-state index >= 15 is 0 Å². The Morgan fingerprint density at radius 3 is 2.47 bits per heavy atom. The third-order valence-corrected chi connectivity index (χ3v) is 6.50. The van der Waals surface area contributed by atoms with Gasteiger partial charge in [-0.2, -0.15) is 0 Å². The smallest absolute Gasteiger partial charge is 0.234 e. The van der Waals surface area contributed by atoms with Crippen molar-refractivity contribution in [1.29, 1.82) is 0 Å². The molecule has 0 bridgehead atoms. The van der Waals surface area contributed by atoms with Crippen LogP contribution in [0.15, 0.2) is 93.8 Å². The molecule has 0 aliphatic carbocycles. The Labute approximate surface area is 194 Å². The van der Waals surface area contributed by atoms with Gasteiger partial charge < -0.3 is 15.9 Å². The molecule has 0 radical (unpaired) electrons. The second-order valence-electron chi connectivity index (χ2n) is 6.65. The molecular weight excluding hydrogens is 442 g/mol. The number of nitrogens with zero attached hydrogens (tertiary/aromatic N) is 3. The van der Waals surface area contributed by atoms with E-state index < -0.39 is 0 Å². The molecule has 0 spiro atoms. The lowest BCUT2D eigenvalue weighted by Crippen LogP contribution is -2.16. The number of para-hydroxylation sites is 1. The molecule has 0 atom stereocenters. The standard InChI is InChI=1S/C23H21N5O2S2/c1-30-17-13-11-16(12-14-17)22-26-27-23(28(22)24)31-15-21(29)25-19-9-5-6-10-20(19)32-18-7-3-2-4-8-18/h2-14H,15,24H2,1H3,(H,25,29). The SMILES string of the molecule is COc1ccc(-c2nnc(SCC(=O)Nc3ccccc3Sc3ccccc3)n2N)cc1. The van der Waals surface area contributed by atoms with E-state index in [0.29, 0.717) is 11.0 Å². The van der Waals surface area contributed by atoms with E-state index in [2.05, 4.69) is 15.5 Å². The van der Waals surface area contributed by atoms with Crippen LogP contribution in [0.2, 0.25) is 0 Å². The van der Waals surface area contributed by atoms with Gasteiger partial charge in [0.1, 0.15) is 5.75 Å². The molecule has 0 aliphatic heterocycles. The third-order valence-electron chi connectivity index (χ3n) is 4.48. The molecule has 32 heavy (non-hydrogen) atoms. The van der Waals surface area contributed by atoms with Crippen molar-refractivity contribution in [3.8, 4) is 17.1 Å². The number of methoxy groups -OCH3 is 1. The maximum Gasteiger partial charge on any atom is 0.234 e. The molecule has 7 nitrogen and oxygen atoms in total. The molecular formula is C23H21N5O2S2. The lowest BCUT2D eigenvalue weighted by molar-refractivity contribution is -0.113. The van der Waals surface area contributed by atoms with Crippen molar-refractivity contribution in [3.63, 3.8) is 0 Å². The Balaban J connectivity index is 1.39. The van der Waals surface area contributed by atoms with Crippen molar-refractivity contribution in [2.75, 3.05) is 24.0 Å². The summed E-state index contributed by atoms with van der Waals surface area (Å²) < 4.78 is 6.56. The van der Waals surface area contributed by atoms with Crippen molar-refractivity contribution in [2.24, 2.45) is 0 Å². The molecule has 0 saturated carbocycles. The summed E-state index contributed by atoms with van der Waals surface area (Å²) in [6, 6.07) is 25.1. The fourth-order valence-electron chi connectivity index (χ4n) is 2.90. The van der Waals surface area contributed by atoms with E-state index in [-0.39, 0.29) is 11.7 Å². The van der Waals surface area contributed by atoms with E-state index in [1.807, 2.05) is 78.9 Å². The van der Waals surface area contributed by atoms with E-state index in [0.717, 1.165) is 26.8 Å². The van der Waals surface area contributed by atoms with Crippen LogP contribution in [0.5, 0.6) is 5.75 Å². The van der Waals surface area contributed by atoms with Gasteiger partial charge >= 0.3 is 0 Å². The number of thioether (sulfide) groups is 1.